The van der Waals surface area contributed by atoms with Gasteiger partial charge in [-0.15, -0.1) is 0 Å². The number of hydrogen-bond donors (Lipinski definition) is 1. The monoisotopic (exact) mass is 275 g/mol. The summed E-state index contributed by atoms with van der Waals surface area (Å²) in [5.41, 5.74) is 1.20. The van der Waals surface area contributed by atoms with Crippen molar-refractivity contribution in [2.75, 3.05) is 6.54 Å². The molecule has 1 aliphatic carbocycles. The highest BCUT2D eigenvalue weighted by Crippen LogP contribution is 2.26. The maximum absolute atomic E-state index is 11.9. The first kappa shape index (κ1) is 12.4. The van der Waals surface area contributed by atoms with Crippen LogP contribution in [0.25, 0.3) is 0 Å². The second-order valence-electron chi connectivity index (χ2n) is 4.93. The van der Waals surface area contributed by atoms with E-state index in [1.165, 1.54) is 12.0 Å². The molecule has 1 aliphatic rings. The number of rotatable bonds is 5. The third-order valence-corrected chi connectivity index (χ3v) is 4.42. The number of carbonyl (C=O) groups is 1. The van der Waals surface area contributed by atoms with Crippen LogP contribution in [0.5, 0.6) is 0 Å². The summed E-state index contributed by atoms with van der Waals surface area (Å²) in [5.74, 6) is 0.430. The molecule has 2 aromatic rings. The fraction of sp³-hybridized carbons (Fsp3) is 0.429. The summed E-state index contributed by atoms with van der Waals surface area (Å²) in [6.07, 6.45) is 6.98. The van der Waals surface area contributed by atoms with Gasteiger partial charge in [0.05, 0.1) is 6.04 Å². The third kappa shape index (κ3) is 2.71. The van der Waals surface area contributed by atoms with Crippen LogP contribution in [-0.2, 0) is 4.79 Å². The molecule has 1 saturated carbocycles. The first-order chi connectivity index (χ1) is 9.34. The molecule has 0 saturated heterocycles. The average molecular weight is 275 g/mol. The molecule has 0 spiro atoms. The second-order valence-corrected chi connectivity index (χ2v) is 5.71. The lowest BCUT2D eigenvalue weighted by Gasteiger charge is -2.25. The van der Waals surface area contributed by atoms with E-state index in [2.05, 4.69) is 27.2 Å². The fourth-order valence-corrected chi connectivity index (χ4v) is 3.01. The van der Waals surface area contributed by atoms with Crippen molar-refractivity contribution in [3.8, 4) is 0 Å². The first-order valence-electron chi connectivity index (χ1n) is 6.63. The lowest BCUT2D eigenvalue weighted by atomic mass is 9.85. The van der Waals surface area contributed by atoms with E-state index in [1.54, 1.807) is 17.5 Å². The quantitative estimate of drug-likeness (QED) is 0.911. The van der Waals surface area contributed by atoms with Gasteiger partial charge in [0.1, 0.15) is 0 Å². The molecule has 0 bridgehead atoms. The Morgan fingerprint density at radius 1 is 1.58 bits per heavy atom. The van der Waals surface area contributed by atoms with Crippen molar-refractivity contribution in [2.24, 2.45) is 5.92 Å². The SMILES string of the molecule is O=C(NCC(c1ccsc1)n1cccn1)C1CCC1. The van der Waals surface area contributed by atoms with Crippen LogP contribution in [0.4, 0.5) is 0 Å². The fourth-order valence-electron chi connectivity index (χ4n) is 2.31. The zero-order chi connectivity index (χ0) is 13.1. The Morgan fingerprint density at radius 2 is 2.47 bits per heavy atom. The molecule has 19 heavy (non-hydrogen) atoms. The molecular formula is C14H17N3OS. The van der Waals surface area contributed by atoms with Crippen LogP contribution in [0.2, 0.25) is 0 Å². The van der Waals surface area contributed by atoms with Crippen LogP contribution in [0.3, 0.4) is 0 Å². The molecule has 0 aliphatic heterocycles. The van der Waals surface area contributed by atoms with Crippen molar-refractivity contribution in [2.45, 2.75) is 25.3 Å². The maximum Gasteiger partial charge on any atom is 0.223 e. The maximum atomic E-state index is 11.9. The van der Waals surface area contributed by atoms with Gasteiger partial charge in [0, 0.05) is 24.9 Å². The summed E-state index contributed by atoms with van der Waals surface area (Å²) < 4.78 is 1.91. The molecule has 2 heterocycles. The van der Waals surface area contributed by atoms with E-state index >= 15 is 0 Å². The van der Waals surface area contributed by atoms with Crippen molar-refractivity contribution >= 4 is 17.2 Å². The van der Waals surface area contributed by atoms with Crippen molar-refractivity contribution < 1.29 is 4.79 Å². The molecule has 1 N–H and O–H groups in total. The van der Waals surface area contributed by atoms with Crippen molar-refractivity contribution in [3.05, 3.63) is 40.8 Å². The Kier molecular flexibility index (Phi) is 3.64. The highest BCUT2D eigenvalue weighted by Gasteiger charge is 2.26. The van der Waals surface area contributed by atoms with Gasteiger partial charge in [-0.3, -0.25) is 9.48 Å². The summed E-state index contributed by atoms with van der Waals surface area (Å²) in [6.45, 7) is 0.605. The van der Waals surface area contributed by atoms with Crippen LogP contribution in [0.1, 0.15) is 30.9 Å². The standard InChI is InChI=1S/C14H17N3OS/c18-14(11-3-1-4-11)15-9-13(12-5-8-19-10-12)17-7-2-6-16-17/h2,5-8,10-11,13H,1,3-4,9H2,(H,15,18). The summed E-state index contributed by atoms with van der Waals surface area (Å²) >= 11 is 1.67. The van der Waals surface area contributed by atoms with Crippen LogP contribution < -0.4 is 5.32 Å². The van der Waals surface area contributed by atoms with Crippen molar-refractivity contribution in [3.63, 3.8) is 0 Å². The smallest absolute Gasteiger partial charge is 0.223 e. The summed E-state index contributed by atoms with van der Waals surface area (Å²) in [4.78, 5) is 11.9. The van der Waals surface area contributed by atoms with E-state index in [-0.39, 0.29) is 17.9 Å². The Balaban J connectivity index is 1.68. The van der Waals surface area contributed by atoms with Gasteiger partial charge in [-0.1, -0.05) is 6.42 Å². The molecule has 1 unspecified atom stereocenters. The molecule has 1 amide bonds. The largest absolute Gasteiger partial charge is 0.353 e. The zero-order valence-corrected chi connectivity index (χ0v) is 11.5. The average Bonchev–Trinajstić information content (AvgIpc) is 2.98. The molecule has 100 valence electrons. The predicted molar refractivity (Wildman–Crippen MR) is 75.0 cm³/mol. The minimum absolute atomic E-state index is 0.0882. The highest BCUT2D eigenvalue weighted by atomic mass is 32.1. The Morgan fingerprint density at radius 3 is 3.05 bits per heavy atom. The third-order valence-electron chi connectivity index (χ3n) is 3.72. The van der Waals surface area contributed by atoms with Crippen molar-refractivity contribution in [1.29, 1.82) is 0 Å². The summed E-state index contributed by atoms with van der Waals surface area (Å²) in [6, 6.07) is 4.09. The molecule has 1 fully saturated rings. The Bertz CT molecular complexity index is 483. The molecule has 0 radical (unpaired) electrons. The van der Waals surface area contributed by atoms with Gasteiger partial charge >= 0.3 is 0 Å². The van der Waals surface area contributed by atoms with E-state index in [1.807, 2.05) is 16.9 Å². The minimum atomic E-state index is 0.0882. The van der Waals surface area contributed by atoms with E-state index in [4.69, 9.17) is 0 Å². The summed E-state index contributed by atoms with van der Waals surface area (Å²) in [5, 5.41) is 11.5. The van der Waals surface area contributed by atoms with Crippen LogP contribution in [0.15, 0.2) is 35.3 Å². The van der Waals surface area contributed by atoms with Crippen molar-refractivity contribution in [1.82, 2.24) is 15.1 Å². The highest BCUT2D eigenvalue weighted by molar-refractivity contribution is 7.07. The van der Waals surface area contributed by atoms with Crippen LogP contribution >= 0.6 is 11.3 Å². The molecule has 4 nitrogen and oxygen atoms in total. The molecule has 3 rings (SSSR count). The van der Waals surface area contributed by atoms with Crippen LogP contribution in [0, 0.1) is 5.92 Å². The van der Waals surface area contributed by atoms with E-state index in [9.17, 15) is 4.79 Å². The van der Waals surface area contributed by atoms with E-state index in [0.717, 1.165) is 12.8 Å². The van der Waals surface area contributed by atoms with Gasteiger partial charge < -0.3 is 5.32 Å². The number of amides is 1. The molecule has 0 aromatic carbocycles. The molecule has 1 atom stereocenters. The number of thiophene rings is 1. The van der Waals surface area contributed by atoms with E-state index < -0.39 is 0 Å². The van der Waals surface area contributed by atoms with Gasteiger partial charge in [0.25, 0.3) is 0 Å². The van der Waals surface area contributed by atoms with Gasteiger partial charge in [-0.05, 0) is 41.3 Å². The molecule has 2 aromatic heterocycles. The van der Waals surface area contributed by atoms with Gasteiger partial charge in [0.2, 0.25) is 5.91 Å². The van der Waals surface area contributed by atoms with Gasteiger partial charge in [-0.25, -0.2) is 0 Å². The predicted octanol–water partition coefficient (Wildman–Crippen LogP) is 2.45. The minimum Gasteiger partial charge on any atom is -0.353 e. The van der Waals surface area contributed by atoms with Crippen LogP contribution in [-0.4, -0.2) is 22.2 Å². The first-order valence-corrected chi connectivity index (χ1v) is 7.58. The Hall–Kier alpha value is -1.62. The van der Waals surface area contributed by atoms with E-state index in [0.29, 0.717) is 6.54 Å². The molecule has 5 heteroatoms. The lowest BCUT2D eigenvalue weighted by molar-refractivity contribution is -0.127. The number of hydrogen-bond acceptors (Lipinski definition) is 3. The number of nitrogens with zero attached hydrogens (tertiary/aromatic N) is 2. The van der Waals surface area contributed by atoms with Gasteiger partial charge in [-0.2, -0.15) is 16.4 Å². The lowest BCUT2D eigenvalue weighted by Crippen LogP contribution is -2.38. The zero-order valence-electron chi connectivity index (χ0n) is 10.7. The number of nitrogens with one attached hydrogen (secondary N) is 1. The number of aromatic nitrogens is 2. The second kappa shape index (κ2) is 5.57. The van der Waals surface area contributed by atoms with Gasteiger partial charge in [0.15, 0.2) is 0 Å². The summed E-state index contributed by atoms with van der Waals surface area (Å²) in [7, 11) is 0. The normalized spacial score (nSPS) is 16.8. The number of carbonyl (C=O) groups excluding carboxylic acids is 1. The molecular weight excluding hydrogens is 258 g/mol. The topological polar surface area (TPSA) is 46.9 Å². The Labute approximate surface area is 116 Å².